The van der Waals surface area contributed by atoms with E-state index in [9.17, 15) is 18.4 Å². The molecule has 3 aromatic rings. The first-order valence-electron chi connectivity index (χ1n) is 8.93. The van der Waals surface area contributed by atoms with Gasteiger partial charge in [0.25, 0.3) is 5.91 Å². The Hall–Kier alpha value is -3.46. The molecule has 1 aromatic heterocycles. The number of anilines is 1. The average molecular weight is 451 g/mol. The van der Waals surface area contributed by atoms with Gasteiger partial charge in [0.05, 0.1) is 28.9 Å². The van der Waals surface area contributed by atoms with E-state index in [1.54, 1.807) is 31.2 Å². The summed E-state index contributed by atoms with van der Waals surface area (Å²) in [5.41, 5.74) is 1.57. The SMILES string of the molecule is COc1ccc2nc(C)c(C(=O)OCC(=O)Nc3ccc(OC(F)F)c(Cl)c3)cc2c1. The van der Waals surface area contributed by atoms with E-state index >= 15 is 0 Å². The van der Waals surface area contributed by atoms with Crippen LogP contribution in [0, 0.1) is 6.92 Å². The zero-order chi connectivity index (χ0) is 22.5. The molecule has 0 saturated heterocycles. The standard InChI is InChI=1S/C21H17ClF2N2O5/c1-11-15(8-12-7-14(29-2)4-5-17(12)25-11)20(28)30-10-19(27)26-13-3-6-18(16(22)9-13)31-21(23)24/h3-9,21H,10H2,1-2H3,(H,26,27). The minimum atomic E-state index is -3.02. The summed E-state index contributed by atoms with van der Waals surface area (Å²) in [4.78, 5) is 28.9. The third-order valence-electron chi connectivity index (χ3n) is 4.20. The van der Waals surface area contributed by atoms with Gasteiger partial charge in [-0.05, 0) is 49.4 Å². The lowest BCUT2D eigenvalue weighted by molar-refractivity contribution is -0.119. The number of methoxy groups -OCH3 is 1. The number of carbonyl (C=O) groups is 2. The number of aromatic nitrogens is 1. The second-order valence-corrected chi connectivity index (χ2v) is 6.74. The Morgan fingerprint density at radius 1 is 1.16 bits per heavy atom. The number of nitrogens with one attached hydrogen (secondary N) is 1. The fraction of sp³-hybridized carbons (Fsp3) is 0.190. The largest absolute Gasteiger partial charge is 0.497 e. The molecule has 3 rings (SSSR count). The van der Waals surface area contributed by atoms with Crippen LogP contribution in [0.3, 0.4) is 0 Å². The molecule has 1 heterocycles. The van der Waals surface area contributed by atoms with Gasteiger partial charge in [-0.3, -0.25) is 9.78 Å². The fourth-order valence-corrected chi connectivity index (χ4v) is 2.99. The summed E-state index contributed by atoms with van der Waals surface area (Å²) in [6.45, 7) is -1.93. The predicted molar refractivity (Wildman–Crippen MR) is 110 cm³/mol. The number of nitrogens with zero attached hydrogens (tertiary/aromatic N) is 1. The van der Waals surface area contributed by atoms with Crippen molar-refractivity contribution in [1.29, 1.82) is 0 Å². The van der Waals surface area contributed by atoms with E-state index in [-0.39, 0.29) is 22.0 Å². The Bertz CT molecular complexity index is 1140. The number of amides is 1. The number of halogens is 3. The highest BCUT2D eigenvalue weighted by Gasteiger charge is 2.16. The van der Waals surface area contributed by atoms with Gasteiger partial charge in [0.15, 0.2) is 6.61 Å². The maximum atomic E-state index is 12.4. The van der Waals surface area contributed by atoms with Gasteiger partial charge >= 0.3 is 12.6 Å². The van der Waals surface area contributed by atoms with Gasteiger partial charge in [-0.1, -0.05) is 11.6 Å². The normalized spacial score (nSPS) is 10.8. The quantitative estimate of drug-likeness (QED) is 0.529. The predicted octanol–water partition coefficient (Wildman–Crippen LogP) is 4.60. The Balaban J connectivity index is 1.64. The monoisotopic (exact) mass is 450 g/mol. The topological polar surface area (TPSA) is 86.8 Å². The van der Waals surface area contributed by atoms with Crippen LogP contribution >= 0.6 is 11.6 Å². The van der Waals surface area contributed by atoms with Crippen LogP contribution in [0.25, 0.3) is 10.9 Å². The molecule has 0 atom stereocenters. The minimum Gasteiger partial charge on any atom is -0.497 e. The third-order valence-corrected chi connectivity index (χ3v) is 4.49. The maximum absolute atomic E-state index is 12.4. The number of carbonyl (C=O) groups excluding carboxylic acids is 2. The van der Waals surface area contributed by atoms with Gasteiger partial charge in [0, 0.05) is 11.1 Å². The Kier molecular flexibility index (Phi) is 6.86. The van der Waals surface area contributed by atoms with Gasteiger partial charge < -0.3 is 19.5 Å². The number of hydrogen-bond acceptors (Lipinski definition) is 6. The van der Waals surface area contributed by atoms with Crippen molar-refractivity contribution < 1.29 is 32.6 Å². The number of pyridine rings is 1. The molecule has 7 nitrogen and oxygen atoms in total. The van der Waals surface area contributed by atoms with Gasteiger partial charge in [-0.2, -0.15) is 8.78 Å². The molecule has 162 valence electrons. The molecule has 0 bridgehead atoms. The second-order valence-electron chi connectivity index (χ2n) is 6.33. The molecule has 0 radical (unpaired) electrons. The lowest BCUT2D eigenvalue weighted by Gasteiger charge is -2.11. The van der Waals surface area contributed by atoms with Gasteiger partial charge in [0.1, 0.15) is 11.5 Å². The first-order chi connectivity index (χ1) is 14.8. The summed E-state index contributed by atoms with van der Waals surface area (Å²) in [5, 5.41) is 3.03. The van der Waals surface area contributed by atoms with Crippen molar-refractivity contribution >= 4 is 40.1 Å². The molecule has 0 unspecified atom stereocenters. The minimum absolute atomic E-state index is 0.108. The number of benzene rings is 2. The zero-order valence-corrected chi connectivity index (χ0v) is 17.2. The summed E-state index contributed by atoms with van der Waals surface area (Å²) in [6, 6.07) is 10.6. The molecule has 1 amide bonds. The van der Waals surface area contributed by atoms with E-state index in [1.165, 1.54) is 25.3 Å². The zero-order valence-electron chi connectivity index (χ0n) is 16.4. The van der Waals surface area contributed by atoms with Crippen LogP contribution in [-0.4, -0.2) is 37.2 Å². The summed E-state index contributed by atoms with van der Waals surface area (Å²) < 4.78 is 39.0. The van der Waals surface area contributed by atoms with Crippen molar-refractivity contribution in [3.63, 3.8) is 0 Å². The van der Waals surface area contributed by atoms with Crippen molar-refractivity contribution in [2.75, 3.05) is 19.0 Å². The van der Waals surface area contributed by atoms with Crippen LogP contribution < -0.4 is 14.8 Å². The number of alkyl halides is 2. The lowest BCUT2D eigenvalue weighted by atomic mass is 10.1. The van der Waals surface area contributed by atoms with E-state index in [1.807, 2.05) is 0 Å². The molecular weight excluding hydrogens is 434 g/mol. The maximum Gasteiger partial charge on any atom is 0.387 e. The van der Waals surface area contributed by atoms with Crippen LogP contribution in [0.1, 0.15) is 16.1 Å². The Morgan fingerprint density at radius 3 is 2.61 bits per heavy atom. The van der Waals surface area contributed by atoms with Crippen molar-refractivity contribution in [2.24, 2.45) is 0 Å². The molecule has 0 aliphatic heterocycles. The Morgan fingerprint density at radius 2 is 1.94 bits per heavy atom. The van der Waals surface area contributed by atoms with E-state index in [0.717, 1.165) is 0 Å². The summed E-state index contributed by atoms with van der Waals surface area (Å²) in [5.74, 6) is -0.971. The average Bonchev–Trinajstić information content (AvgIpc) is 2.73. The number of esters is 1. The number of hydrogen-bond donors (Lipinski definition) is 1. The van der Waals surface area contributed by atoms with Crippen molar-refractivity contribution in [2.45, 2.75) is 13.5 Å². The summed E-state index contributed by atoms with van der Waals surface area (Å²) >= 11 is 5.84. The Labute approximate surface area is 180 Å². The number of aryl methyl sites for hydroxylation is 1. The van der Waals surface area contributed by atoms with Crippen LogP contribution in [0.5, 0.6) is 11.5 Å². The molecule has 0 aliphatic rings. The van der Waals surface area contributed by atoms with Crippen molar-refractivity contribution in [3.05, 3.63) is 58.7 Å². The lowest BCUT2D eigenvalue weighted by Crippen LogP contribution is -2.21. The van der Waals surface area contributed by atoms with Crippen LogP contribution in [0.4, 0.5) is 14.5 Å². The number of ether oxygens (including phenoxy) is 3. The van der Waals surface area contributed by atoms with Crippen LogP contribution in [-0.2, 0) is 9.53 Å². The van der Waals surface area contributed by atoms with E-state index in [2.05, 4.69) is 15.0 Å². The molecule has 1 N–H and O–H groups in total. The van der Waals surface area contributed by atoms with Crippen LogP contribution in [0.15, 0.2) is 42.5 Å². The molecule has 2 aromatic carbocycles. The van der Waals surface area contributed by atoms with Crippen molar-refractivity contribution in [3.8, 4) is 11.5 Å². The highest BCUT2D eigenvalue weighted by atomic mass is 35.5. The molecule has 31 heavy (non-hydrogen) atoms. The molecule has 0 saturated carbocycles. The van der Waals surface area contributed by atoms with E-state index < -0.39 is 25.1 Å². The number of rotatable bonds is 7. The van der Waals surface area contributed by atoms with Gasteiger partial charge in [0.2, 0.25) is 0 Å². The first kappa shape index (κ1) is 22.2. The van der Waals surface area contributed by atoms with Gasteiger partial charge in [-0.25, -0.2) is 4.79 Å². The fourth-order valence-electron chi connectivity index (χ4n) is 2.76. The molecule has 10 heteroatoms. The van der Waals surface area contributed by atoms with Crippen LogP contribution in [0.2, 0.25) is 5.02 Å². The summed E-state index contributed by atoms with van der Waals surface area (Å²) in [6.07, 6.45) is 0. The first-order valence-corrected chi connectivity index (χ1v) is 9.31. The number of fused-ring (bicyclic) bond motifs is 1. The molecular formula is C21H17ClF2N2O5. The smallest absolute Gasteiger partial charge is 0.387 e. The van der Waals surface area contributed by atoms with E-state index in [0.29, 0.717) is 22.3 Å². The highest BCUT2D eigenvalue weighted by molar-refractivity contribution is 6.32. The third kappa shape index (κ3) is 5.58. The van der Waals surface area contributed by atoms with E-state index in [4.69, 9.17) is 21.1 Å². The molecule has 0 spiro atoms. The molecule has 0 aliphatic carbocycles. The highest BCUT2D eigenvalue weighted by Crippen LogP contribution is 2.29. The molecule has 0 fully saturated rings. The second kappa shape index (κ2) is 9.57. The summed E-state index contributed by atoms with van der Waals surface area (Å²) in [7, 11) is 1.53. The van der Waals surface area contributed by atoms with Gasteiger partial charge in [-0.15, -0.1) is 0 Å². The van der Waals surface area contributed by atoms with Crippen molar-refractivity contribution in [1.82, 2.24) is 4.98 Å².